The van der Waals surface area contributed by atoms with Crippen LogP contribution in [0.2, 0.25) is 5.02 Å². The van der Waals surface area contributed by atoms with Crippen molar-refractivity contribution in [1.29, 1.82) is 0 Å². The molecule has 10 nitrogen and oxygen atoms in total. The standard InChI is InChI=1S/C39H55ClN4O6S/c1-27-6-5-14-39(46,26-42-16-17-43-18-19-49-25-34(43)23-42)35-12-9-31(35)22-44-15-4-3-7-29-20-33(40)11-8-32(29)24-50-37-13-10-30(21-36(37)44)38(45)41-51(47,48)28(27)2/h8,10-11,13,20-21,27-28,31,34-35,46H,3-7,9,12,14-19,22-26H2,1-2H3,(H,41,45)/t27-,28+,31-,34+,35+,39?/m0/s1. The van der Waals surface area contributed by atoms with Gasteiger partial charge in [0.2, 0.25) is 10.0 Å². The number of benzene rings is 2. The lowest BCUT2D eigenvalue weighted by Gasteiger charge is -2.52. The fourth-order valence-electron chi connectivity index (χ4n) is 9.13. The first kappa shape index (κ1) is 36.9. The number of fused-ring (bicyclic) bond motifs is 4. The Morgan fingerprint density at radius 2 is 1.84 bits per heavy atom. The van der Waals surface area contributed by atoms with Gasteiger partial charge in [-0.3, -0.25) is 14.6 Å². The van der Waals surface area contributed by atoms with Crippen LogP contribution >= 0.6 is 11.6 Å². The van der Waals surface area contributed by atoms with Gasteiger partial charge < -0.3 is 19.5 Å². The Morgan fingerprint density at radius 1 is 0.980 bits per heavy atom. The third-order valence-electron chi connectivity index (χ3n) is 12.6. The maximum absolute atomic E-state index is 13.6. The Bertz CT molecular complexity index is 1680. The molecule has 51 heavy (non-hydrogen) atoms. The van der Waals surface area contributed by atoms with Gasteiger partial charge >= 0.3 is 0 Å². The zero-order valence-electron chi connectivity index (χ0n) is 30.2. The number of β-amino-alcohol motifs (C(OH)–C–C–N with tert-alkyl or cyclic N) is 1. The van der Waals surface area contributed by atoms with E-state index in [2.05, 4.69) is 19.4 Å². The molecule has 4 heterocycles. The first-order valence-electron chi connectivity index (χ1n) is 19.1. The Kier molecular flexibility index (Phi) is 11.2. The normalized spacial score (nSPS) is 32.5. The molecule has 1 saturated carbocycles. The summed E-state index contributed by atoms with van der Waals surface area (Å²) in [6, 6.07) is 11.5. The molecule has 4 aliphatic heterocycles. The van der Waals surface area contributed by atoms with Crippen molar-refractivity contribution in [3.8, 4) is 5.75 Å². The van der Waals surface area contributed by atoms with Gasteiger partial charge in [0.1, 0.15) is 12.4 Å². The maximum Gasteiger partial charge on any atom is 0.264 e. The monoisotopic (exact) mass is 742 g/mol. The number of morpholine rings is 1. The van der Waals surface area contributed by atoms with Crippen LogP contribution in [0, 0.1) is 17.8 Å². The predicted molar refractivity (Wildman–Crippen MR) is 200 cm³/mol. The first-order chi connectivity index (χ1) is 24.5. The summed E-state index contributed by atoms with van der Waals surface area (Å²) in [5.74, 6) is 0.214. The fraction of sp³-hybridized carbons (Fsp3) is 0.667. The van der Waals surface area contributed by atoms with Crippen molar-refractivity contribution in [2.24, 2.45) is 17.8 Å². The molecule has 2 bridgehead atoms. The van der Waals surface area contributed by atoms with Crippen LogP contribution in [0.25, 0.3) is 0 Å². The highest BCUT2D eigenvalue weighted by Crippen LogP contribution is 2.46. The van der Waals surface area contributed by atoms with Crippen molar-refractivity contribution < 1.29 is 27.8 Å². The second-order valence-electron chi connectivity index (χ2n) is 15.9. The molecular weight excluding hydrogens is 688 g/mol. The van der Waals surface area contributed by atoms with Gasteiger partial charge in [0.05, 0.1) is 29.8 Å². The number of nitrogens with one attached hydrogen (secondary N) is 1. The molecule has 5 aliphatic rings. The number of carbonyl (C=O) groups excluding carboxylic acids is 1. The summed E-state index contributed by atoms with van der Waals surface area (Å²) in [5.41, 5.74) is 2.43. The lowest BCUT2D eigenvalue weighted by Crippen LogP contribution is -2.62. The zero-order chi connectivity index (χ0) is 35.8. The number of amides is 1. The predicted octanol–water partition coefficient (Wildman–Crippen LogP) is 5.10. The number of sulfonamides is 1. The van der Waals surface area contributed by atoms with Crippen LogP contribution in [0.15, 0.2) is 36.4 Å². The highest BCUT2D eigenvalue weighted by atomic mass is 35.5. The van der Waals surface area contributed by atoms with E-state index < -0.39 is 26.8 Å². The molecule has 1 aliphatic carbocycles. The summed E-state index contributed by atoms with van der Waals surface area (Å²) >= 11 is 6.39. The molecule has 0 aromatic heterocycles. The molecule has 7 rings (SSSR count). The van der Waals surface area contributed by atoms with Crippen LogP contribution in [0.1, 0.15) is 80.3 Å². The highest BCUT2D eigenvalue weighted by molar-refractivity contribution is 7.90. The number of aryl methyl sites for hydroxylation is 1. The molecular formula is C39H55ClN4O6S. The van der Waals surface area contributed by atoms with Crippen LogP contribution < -0.4 is 14.4 Å². The van der Waals surface area contributed by atoms with Crippen LogP contribution in [0.4, 0.5) is 5.69 Å². The molecule has 2 aromatic carbocycles. The van der Waals surface area contributed by atoms with Gasteiger partial charge in [-0.1, -0.05) is 31.0 Å². The molecule has 1 unspecified atom stereocenters. The first-order valence-corrected chi connectivity index (χ1v) is 21.0. The van der Waals surface area contributed by atoms with E-state index in [9.17, 15) is 18.3 Å². The van der Waals surface area contributed by atoms with E-state index in [4.69, 9.17) is 21.1 Å². The molecule has 2 N–H and O–H groups in total. The number of anilines is 1. The summed E-state index contributed by atoms with van der Waals surface area (Å²) in [6.07, 6.45) is 6.73. The van der Waals surface area contributed by atoms with Crippen molar-refractivity contribution in [3.05, 3.63) is 58.1 Å². The Labute approximate surface area is 308 Å². The van der Waals surface area contributed by atoms with Gasteiger partial charge in [-0.05, 0) is 111 Å². The molecule has 0 spiro atoms. The quantitative estimate of drug-likeness (QED) is 0.434. The van der Waals surface area contributed by atoms with Crippen LogP contribution in [-0.2, 0) is 27.8 Å². The van der Waals surface area contributed by atoms with Gasteiger partial charge in [0.15, 0.2) is 0 Å². The maximum atomic E-state index is 13.6. The minimum Gasteiger partial charge on any atom is -0.487 e. The van der Waals surface area contributed by atoms with E-state index >= 15 is 0 Å². The van der Waals surface area contributed by atoms with E-state index in [-0.39, 0.29) is 23.3 Å². The summed E-state index contributed by atoms with van der Waals surface area (Å²) in [7, 11) is -3.95. The molecule has 3 fully saturated rings. The smallest absolute Gasteiger partial charge is 0.264 e. The number of hydrogen-bond acceptors (Lipinski definition) is 9. The van der Waals surface area contributed by atoms with Crippen molar-refractivity contribution in [2.45, 2.75) is 88.7 Å². The Balaban J connectivity index is 1.22. The number of hydrogen-bond donors (Lipinski definition) is 2. The van der Waals surface area contributed by atoms with Gasteiger partial charge in [-0.2, -0.15) is 0 Å². The highest BCUT2D eigenvalue weighted by Gasteiger charge is 2.48. The summed E-state index contributed by atoms with van der Waals surface area (Å²) < 4.78 is 41.8. The second-order valence-corrected chi connectivity index (χ2v) is 18.4. The average Bonchev–Trinajstić information content (AvgIpc) is 3.12. The SMILES string of the molecule is C[C@@H]1[C@@H](C)CCCC(O)(CN2CCN3CCOC[C@H]3C2)[C@@H]2CC[C@H]2CN2CCCCc3cc(Cl)ccc3COc3ccc(cc32)C(=O)NS1(=O)=O. The topological polar surface area (TPSA) is 112 Å². The molecule has 6 atom stereocenters. The Hall–Kier alpha value is -2.41. The van der Waals surface area contributed by atoms with Crippen molar-refractivity contribution in [2.75, 3.05) is 63.9 Å². The number of halogens is 1. The number of piperazine rings is 1. The molecule has 12 heteroatoms. The number of rotatable bonds is 2. The largest absolute Gasteiger partial charge is 0.487 e. The summed E-state index contributed by atoms with van der Waals surface area (Å²) in [6.45, 7) is 11.3. The van der Waals surface area contributed by atoms with Gasteiger partial charge in [0.25, 0.3) is 5.91 Å². The van der Waals surface area contributed by atoms with E-state index in [1.54, 1.807) is 25.1 Å². The lowest BCUT2D eigenvalue weighted by atomic mass is 9.62. The average molecular weight is 743 g/mol. The second kappa shape index (κ2) is 15.5. The molecule has 2 aromatic rings. The summed E-state index contributed by atoms with van der Waals surface area (Å²) in [5, 5.41) is 12.7. The minimum atomic E-state index is -3.95. The third-order valence-corrected chi connectivity index (χ3v) is 14.8. The van der Waals surface area contributed by atoms with E-state index in [1.165, 1.54) is 5.56 Å². The third kappa shape index (κ3) is 8.24. The van der Waals surface area contributed by atoms with Crippen molar-refractivity contribution in [1.82, 2.24) is 14.5 Å². The van der Waals surface area contributed by atoms with Gasteiger partial charge in [0, 0.05) is 62.4 Å². The number of nitrogens with zero attached hydrogens (tertiary/aromatic N) is 3. The molecule has 2 saturated heterocycles. The number of ether oxygens (including phenoxy) is 2. The number of carbonyl (C=O) groups is 1. The van der Waals surface area contributed by atoms with Gasteiger partial charge in [-0.15, -0.1) is 0 Å². The zero-order valence-corrected chi connectivity index (χ0v) is 31.8. The molecule has 280 valence electrons. The summed E-state index contributed by atoms with van der Waals surface area (Å²) in [4.78, 5) is 20.9. The fourth-order valence-corrected chi connectivity index (χ4v) is 10.6. The number of aliphatic hydroxyl groups is 1. The lowest BCUT2D eigenvalue weighted by molar-refractivity contribution is -0.120. The minimum absolute atomic E-state index is 0.114. The van der Waals surface area contributed by atoms with Crippen LogP contribution in [-0.4, -0.2) is 105 Å². The van der Waals surface area contributed by atoms with Crippen molar-refractivity contribution in [3.63, 3.8) is 0 Å². The van der Waals surface area contributed by atoms with Crippen LogP contribution in [0.5, 0.6) is 5.75 Å². The molecule has 0 radical (unpaired) electrons. The Morgan fingerprint density at radius 3 is 2.67 bits per heavy atom. The van der Waals surface area contributed by atoms with E-state index in [0.717, 1.165) is 95.8 Å². The van der Waals surface area contributed by atoms with E-state index in [0.29, 0.717) is 49.2 Å². The van der Waals surface area contributed by atoms with E-state index in [1.807, 2.05) is 25.1 Å². The van der Waals surface area contributed by atoms with Gasteiger partial charge in [-0.25, -0.2) is 13.1 Å². The van der Waals surface area contributed by atoms with Crippen LogP contribution in [0.3, 0.4) is 0 Å². The van der Waals surface area contributed by atoms with Crippen molar-refractivity contribution >= 4 is 33.2 Å². The molecule has 1 amide bonds.